The van der Waals surface area contributed by atoms with Gasteiger partial charge in [-0.25, -0.2) is 13.8 Å². The Morgan fingerprint density at radius 1 is 1.19 bits per heavy atom. The second-order valence-corrected chi connectivity index (χ2v) is 4.91. The van der Waals surface area contributed by atoms with Gasteiger partial charge in [0.25, 0.3) is 0 Å². The molecule has 1 aromatic carbocycles. The number of hydrogen-bond acceptors (Lipinski definition) is 3. The first-order chi connectivity index (χ1) is 10.1. The quantitative estimate of drug-likeness (QED) is 0.854. The highest BCUT2D eigenvalue weighted by molar-refractivity contribution is 5.22. The zero-order chi connectivity index (χ0) is 15.2. The van der Waals surface area contributed by atoms with Crippen LogP contribution in [0.15, 0.2) is 24.5 Å². The summed E-state index contributed by atoms with van der Waals surface area (Å²) in [6.07, 6.45) is 2.98. The van der Waals surface area contributed by atoms with Crippen LogP contribution in [0.25, 0.3) is 0 Å². The van der Waals surface area contributed by atoms with Crippen molar-refractivity contribution in [3.05, 3.63) is 47.5 Å². The molecule has 6 heteroatoms. The lowest BCUT2D eigenvalue weighted by Gasteiger charge is -2.19. The second-order valence-electron chi connectivity index (χ2n) is 4.91. The third kappa shape index (κ3) is 4.07. The molecule has 1 unspecified atom stereocenters. The summed E-state index contributed by atoms with van der Waals surface area (Å²) in [6.45, 7) is 5.51. The Kier molecular flexibility index (Phi) is 5.38. The molecule has 2 rings (SSSR count). The first kappa shape index (κ1) is 15.6. The van der Waals surface area contributed by atoms with Gasteiger partial charge in [-0.1, -0.05) is 6.92 Å². The first-order valence-electron chi connectivity index (χ1n) is 7.20. The minimum atomic E-state index is -0.565. The van der Waals surface area contributed by atoms with Gasteiger partial charge in [-0.2, -0.15) is 5.10 Å². The van der Waals surface area contributed by atoms with Crippen molar-refractivity contribution >= 4 is 0 Å². The Bertz CT molecular complexity index is 563. The van der Waals surface area contributed by atoms with E-state index in [2.05, 4.69) is 15.4 Å². The standard InChI is InChI=1S/C15H20F2N4/c1-3-5-18-14(9-15-19-10-20-21(15)4-2)11-6-12(16)8-13(17)7-11/h6-8,10,14,18H,3-5,9H2,1-2H3. The smallest absolute Gasteiger partial charge is 0.138 e. The van der Waals surface area contributed by atoms with Gasteiger partial charge in [-0.15, -0.1) is 0 Å². The molecule has 1 aromatic heterocycles. The highest BCUT2D eigenvalue weighted by Gasteiger charge is 2.16. The van der Waals surface area contributed by atoms with Gasteiger partial charge in [0, 0.05) is 25.1 Å². The topological polar surface area (TPSA) is 42.7 Å². The van der Waals surface area contributed by atoms with Gasteiger partial charge in [-0.05, 0) is 37.6 Å². The van der Waals surface area contributed by atoms with E-state index in [-0.39, 0.29) is 6.04 Å². The molecule has 1 N–H and O–H groups in total. The molecule has 4 nitrogen and oxygen atoms in total. The highest BCUT2D eigenvalue weighted by Crippen LogP contribution is 2.20. The van der Waals surface area contributed by atoms with Gasteiger partial charge < -0.3 is 5.32 Å². The fraction of sp³-hybridized carbons (Fsp3) is 0.467. The van der Waals surface area contributed by atoms with Gasteiger partial charge in [0.15, 0.2) is 0 Å². The third-order valence-electron chi connectivity index (χ3n) is 3.31. The van der Waals surface area contributed by atoms with Crippen LogP contribution in [-0.4, -0.2) is 21.3 Å². The average Bonchev–Trinajstić information content (AvgIpc) is 2.89. The number of aromatic nitrogens is 3. The van der Waals surface area contributed by atoms with Crippen LogP contribution in [0.5, 0.6) is 0 Å². The highest BCUT2D eigenvalue weighted by atomic mass is 19.1. The summed E-state index contributed by atoms with van der Waals surface area (Å²) in [5.74, 6) is -0.328. The van der Waals surface area contributed by atoms with E-state index in [4.69, 9.17) is 0 Å². The van der Waals surface area contributed by atoms with Crippen LogP contribution in [0.4, 0.5) is 8.78 Å². The zero-order valence-electron chi connectivity index (χ0n) is 12.3. The minimum Gasteiger partial charge on any atom is -0.310 e. The van der Waals surface area contributed by atoms with Crippen molar-refractivity contribution in [2.45, 2.75) is 39.3 Å². The molecule has 0 saturated carbocycles. The molecule has 2 aromatic rings. The Morgan fingerprint density at radius 2 is 1.90 bits per heavy atom. The summed E-state index contributed by atoms with van der Waals surface area (Å²) in [7, 11) is 0. The van der Waals surface area contributed by atoms with Gasteiger partial charge >= 0.3 is 0 Å². The summed E-state index contributed by atoms with van der Waals surface area (Å²) < 4.78 is 28.7. The predicted octanol–water partition coefficient (Wildman–Crippen LogP) is 2.86. The SMILES string of the molecule is CCCNC(Cc1ncnn1CC)c1cc(F)cc(F)c1. The van der Waals surface area contributed by atoms with Crippen LogP contribution in [0.3, 0.4) is 0 Å². The van der Waals surface area contributed by atoms with E-state index in [1.165, 1.54) is 18.5 Å². The fourth-order valence-electron chi connectivity index (χ4n) is 2.30. The molecule has 0 aliphatic carbocycles. The number of aryl methyl sites for hydroxylation is 1. The summed E-state index contributed by atoms with van der Waals surface area (Å²) in [5, 5.41) is 7.44. The van der Waals surface area contributed by atoms with E-state index in [9.17, 15) is 8.78 Å². The van der Waals surface area contributed by atoms with Gasteiger partial charge in [0.1, 0.15) is 23.8 Å². The molecular weight excluding hydrogens is 274 g/mol. The number of rotatable bonds is 7. The number of nitrogens with zero attached hydrogens (tertiary/aromatic N) is 3. The number of halogens is 2. The molecule has 0 aliphatic heterocycles. The van der Waals surface area contributed by atoms with Crippen molar-refractivity contribution < 1.29 is 8.78 Å². The molecular formula is C15H20F2N4. The van der Waals surface area contributed by atoms with Gasteiger partial charge in [0.2, 0.25) is 0 Å². The number of nitrogens with one attached hydrogen (secondary N) is 1. The molecule has 1 atom stereocenters. The van der Waals surface area contributed by atoms with E-state index in [1.54, 1.807) is 4.68 Å². The maximum Gasteiger partial charge on any atom is 0.138 e. The molecule has 0 amide bonds. The Labute approximate surface area is 123 Å². The van der Waals surface area contributed by atoms with Crippen molar-refractivity contribution in [2.24, 2.45) is 0 Å². The van der Waals surface area contributed by atoms with Crippen LogP contribution in [0.2, 0.25) is 0 Å². The second kappa shape index (κ2) is 7.26. The lowest BCUT2D eigenvalue weighted by molar-refractivity contribution is 0.489. The van der Waals surface area contributed by atoms with E-state index >= 15 is 0 Å². The first-order valence-corrected chi connectivity index (χ1v) is 7.20. The average molecular weight is 294 g/mol. The molecule has 0 fully saturated rings. The van der Waals surface area contributed by atoms with Crippen molar-refractivity contribution in [3.63, 3.8) is 0 Å². The van der Waals surface area contributed by atoms with Crippen LogP contribution in [0.1, 0.15) is 37.7 Å². The van der Waals surface area contributed by atoms with Crippen LogP contribution < -0.4 is 5.32 Å². The van der Waals surface area contributed by atoms with Crippen LogP contribution >= 0.6 is 0 Å². The van der Waals surface area contributed by atoms with E-state index in [1.807, 2.05) is 13.8 Å². The van der Waals surface area contributed by atoms with Crippen LogP contribution in [0, 0.1) is 11.6 Å². The molecule has 0 spiro atoms. The molecule has 0 bridgehead atoms. The molecule has 1 heterocycles. The zero-order valence-corrected chi connectivity index (χ0v) is 12.3. The summed E-state index contributed by atoms with van der Waals surface area (Å²) >= 11 is 0. The molecule has 21 heavy (non-hydrogen) atoms. The van der Waals surface area contributed by atoms with Gasteiger partial charge in [0.05, 0.1) is 0 Å². The third-order valence-corrected chi connectivity index (χ3v) is 3.31. The van der Waals surface area contributed by atoms with Crippen molar-refractivity contribution in [2.75, 3.05) is 6.54 Å². The maximum absolute atomic E-state index is 13.4. The van der Waals surface area contributed by atoms with Crippen molar-refractivity contribution in [1.82, 2.24) is 20.1 Å². The lowest BCUT2D eigenvalue weighted by Crippen LogP contribution is -2.25. The fourth-order valence-corrected chi connectivity index (χ4v) is 2.30. The predicted molar refractivity (Wildman–Crippen MR) is 76.8 cm³/mol. The lowest BCUT2D eigenvalue weighted by atomic mass is 10.0. The molecule has 114 valence electrons. The maximum atomic E-state index is 13.4. The van der Waals surface area contributed by atoms with E-state index < -0.39 is 11.6 Å². The monoisotopic (exact) mass is 294 g/mol. The number of hydrogen-bond donors (Lipinski definition) is 1. The minimum absolute atomic E-state index is 0.190. The molecule has 0 saturated heterocycles. The van der Waals surface area contributed by atoms with E-state index in [0.29, 0.717) is 18.5 Å². The Balaban J connectivity index is 2.25. The van der Waals surface area contributed by atoms with Crippen molar-refractivity contribution in [3.8, 4) is 0 Å². The largest absolute Gasteiger partial charge is 0.310 e. The van der Waals surface area contributed by atoms with Crippen LogP contribution in [-0.2, 0) is 13.0 Å². The van der Waals surface area contributed by atoms with E-state index in [0.717, 1.165) is 24.9 Å². The summed E-state index contributed by atoms with van der Waals surface area (Å²) in [6, 6.07) is 3.42. The number of benzene rings is 1. The van der Waals surface area contributed by atoms with Gasteiger partial charge in [-0.3, -0.25) is 4.68 Å². The molecule has 0 radical (unpaired) electrons. The summed E-state index contributed by atoms with van der Waals surface area (Å²) in [4.78, 5) is 4.23. The summed E-state index contributed by atoms with van der Waals surface area (Å²) in [5.41, 5.74) is 0.589. The van der Waals surface area contributed by atoms with Crippen molar-refractivity contribution in [1.29, 1.82) is 0 Å². The Hall–Kier alpha value is -1.82. The normalized spacial score (nSPS) is 12.6. The molecule has 0 aliphatic rings. The Morgan fingerprint density at radius 3 is 2.52 bits per heavy atom.